The van der Waals surface area contributed by atoms with Gasteiger partial charge in [0.05, 0.1) is 17.8 Å². The summed E-state index contributed by atoms with van der Waals surface area (Å²) in [5.41, 5.74) is 2.39. The largest absolute Gasteiger partial charge is 0.391 e. The molecule has 0 radical (unpaired) electrons. The first-order valence-corrected chi connectivity index (χ1v) is 6.06. The van der Waals surface area contributed by atoms with Crippen molar-refractivity contribution >= 4 is 17.8 Å². The fourth-order valence-electron chi connectivity index (χ4n) is 1.46. The van der Waals surface area contributed by atoms with Gasteiger partial charge in [-0.15, -0.1) is 0 Å². The number of nitrogens with zero attached hydrogens (tertiary/aromatic N) is 2. The summed E-state index contributed by atoms with van der Waals surface area (Å²) in [5, 5.41) is 13.2. The van der Waals surface area contributed by atoms with Crippen LogP contribution in [0, 0.1) is 11.3 Å². The molecule has 0 heterocycles. The van der Waals surface area contributed by atoms with Crippen molar-refractivity contribution in [1.29, 1.82) is 5.26 Å². The number of rotatable bonds is 4. The van der Waals surface area contributed by atoms with Crippen LogP contribution in [0.4, 0.5) is 0 Å². The van der Waals surface area contributed by atoms with Gasteiger partial charge in [0, 0.05) is 10.6 Å². The normalized spacial score (nSPS) is 10.3. The van der Waals surface area contributed by atoms with Gasteiger partial charge in [-0.1, -0.05) is 47.1 Å². The van der Waals surface area contributed by atoms with E-state index in [0.29, 0.717) is 17.2 Å². The molecule has 0 saturated carbocycles. The van der Waals surface area contributed by atoms with Crippen LogP contribution >= 0.6 is 11.6 Å². The molecule has 0 aromatic heterocycles. The molecule has 0 aliphatic carbocycles. The number of benzene rings is 2. The van der Waals surface area contributed by atoms with Crippen molar-refractivity contribution in [3.63, 3.8) is 0 Å². The van der Waals surface area contributed by atoms with Crippen molar-refractivity contribution in [1.82, 2.24) is 0 Å². The Morgan fingerprint density at radius 1 is 1.16 bits per heavy atom. The Morgan fingerprint density at radius 3 is 2.58 bits per heavy atom. The Morgan fingerprint density at radius 2 is 1.89 bits per heavy atom. The van der Waals surface area contributed by atoms with E-state index in [9.17, 15) is 0 Å². The molecule has 0 fully saturated rings. The molecule has 3 nitrogen and oxygen atoms in total. The van der Waals surface area contributed by atoms with Crippen molar-refractivity contribution in [2.45, 2.75) is 6.61 Å². The molecule has 19 heavy (non-hydrogen) atoms. The van der Waals surface area contributed by atoms with Crippen LogP contribution < -0.4 is 0 Å². The standard InChI is InChI=1S/C15H11ClN2O/c16-15-4-2-1-3-14(15)10-18-19-11-13-7-5-12(9-17)6-8-13/h1-8,10H,11H2. The van der Waals surface area contributed by atoms with Crippen LogP contribution in [0.5, 0.6) is 0 Å². The molecule has 2 aromatic carbocycles. The molecule has 0 N–H and O–H groups in total. The summed E-state index contributed by atoms with van der Waals surface area (Å²) < 4.78 is 0. The molecule has 0 unspecified atom stereocenters. The van der Waals surface area contributed by atoms with E-state index in [1.807, 2.05) is 30.3 Å². The third-order valence-electron chi connectivity index (χ3n) is 2.49. The Hall–Kier alpha value is -2.31. The lowest BCUT2D eigenvalue weighted by Gasteiger charge is -2.00. The summed E-state index contributed by atoms with van der Waals surface area (Å²) in [5.74, 6) is 0. The molecule has 0 amide bonds. The number of halogens is 1. The third-order valence-corrected chi connectivity index (χ3v) is 2.83. The molecular formula is C15H11ClN2O. The molecule has 4 heteroatoms. The van der Waals surface area contributed by atoms with Crippen LogP contribution in [0.2, 0.25) is 5.02 Å². The van der Waals surface area contributed by atoms with Gasteiger partial charge in [-0.3, -0.25) is 0 Å². The molecule has 0 aliphatic heterocycles. The average molecular weight is 271 g/mol. The van der Waals surface area contributed by atoms with E-state index in [2.05, 4.69) is 11.2 Å². The maximum Gasteiger partial charge on any atom is 0.142 e. The Kier molecular flexibility index (Phi) is 4.54. The second-order valence-electron chi connectivity index (χ2n) is 3.84. The van der Waals surface area contributed by atoms with Gasteiger partial charge in [-0.25, -0.2) is 0 Å². The van der Waals surface area contributed by atoms with Crippen LogP contribution in [0.3, 0.4) is 0 Å². The van der Waals surface area contributed by atoms with Crippen LogP contribution in [0.15, 0.2) is 53.7 Å². The minimum atomic E-state index is 0.354. The van der Waals surface area contributed by atoms with E-state index in [1.54, 1.807) is 24.4 Å². The zero-order chi connectivity index (χ0) is 13.5. The highest BCUT2D eigenvalue weighted by atomic mass is 35.5. The number of nitriles is 1. The van der Waals surface area contributed by atoms with Gasteiger partial charge in [0.2, 0.25) is 0 Å². The monoisotopic (exact) mass is 270 g/mol. The van der Waals surface area contributed by atoms with E-state index >= 15 is 0 Å². The van der Waals surface area contributed by atoms with Crippen molar-refractivity contribution in [3.05, 3.63) is 70.2 Å². The van der Waals surface area contributed by atoms with E-state index in [4.69, 9.17) is 21.7 Å². The van der Waals surface area contributed by atoms with Gasteiger partial charge in [0.25, 0.3) is 0 Å². The molecule has 0 bridgehead atoms. The van der Waals surface area contributed by atoms with Crippen LogP contribution in [-0.4, -0.2) is 6.21 Å². The first-order valence-electron chi connectivity index (χ1n) is 5.68. The summed E-state index contributed by atoms with van der Waals surface area (Å²) in [4.78, 5) is 5.18. The molecule has 0 spiro atoms. The predicted octanol–water partition coefficient (Wildman–Crippen LogP) is 3.76. The van der Waals surface area contributed by atoms with Crippen molar-refractivity contribution in [3.8, 4) is 6.07 Å². The number of oxime groups is 1. The Balaban J connectivity index is 1.90. The Bertz CT molecular complexity index is 615. The van der Waals surface area contributed by atoms with Crippen molar-refractivity contribution in [2.24, 2.45) is 5.16 Å². The van der Waals surface area contributed by atoms with Gasteiger partial charge in [0.1, 0.15) is 6.61 Å². The van der Waals surface area contributed by atoms with Crippen LogP contribution in [0.1, 0.15) is 16.7 Å². The highest BCUT2D eigenvalue weighted by Crippen LogP contribution is 2.12. The van der Waals surface area contributed by atoms with Gasteiger partial charge >= 0.3 is 0 Å². The minimum Gasteiger partial charge on any atom is -0.391 e. The maximum atomic E-state index is 8.68. The molecule has 0 atom stereocenters. The first-order chi connectivity index (χ1) is 9.29. The lowest BCUT2D eigenvalue weighted by Crippen LogP contribution is -1.89. The molecule has 0 saturated heterocycles. The zero-order valence-corrected chi connectivity index (χ0v) is 10.8. The van der Waals surface area contributed by atoms with Crippen molar-refractivity contribution < 1.29 is 4.84 Å². The fraction of sp³-hybridized carbons (Fsp3) is 0.0667. The fourth-order valence-corrected chi connectivity index (χ4v) is 1.65. The molecule has 2 aromatic rings. The predicted molar refractivity (Wildman–Crippen MR) is 75.0 cm³/mol. The summed E-state index contributed by atoms with van der Waals surface area (Å²) >= 11 is 5.98. The quantitative estimate of drug-likeness (QED) is 0.627. The molecule has 2 rings (SSSR count). The average Bonchev–Trinajstić information content (AvgIpc) is 2.46. The number of hydrogen-bond donors (Lipinski definition) is 0. The maximum absolute atomic E-state index is 8.68. The summed E-state index contributed by atoms with van der Waals surface area (Å²) in [7, 11) is 0. The summed E-state index contributed by atoms with van der Waals surface area (Å²) in [6.07, 6.45) is 1.58. The molecular weight excluding hydrogens is 260 g/mol. The first kappa shape index (κ1) is 13.1. The van der Waals surface area contributed by atoms with Gasteiger partial charge in [-0.05, 0) is 23.8 Å². The highest BCUT2D eigenvalue weighted by Gasteiger charge is 1.95. The summed E-state index contributed by atoms with van der Waals surface area (Å²) in [6.45, 7) is 0.354. The van der Waals surface area contributed by atoms with E-state index in [0.717, 1.165) is 11.1 Å². The second kappa shape index (κ2) is 6.58. The lowest BCUT2D eigenvalue weighted by molar-refractivity contribution is 0.132. The smallest absolute Gasteiger partial charge is 0.142 e. The SMILES string of the molecule is N#Cc1ccc(CON=Cc2ccccc2Cl)cc1. The highest BCUT2D eigenvalue weighted by molar-refractivity contribution is 6.33. The van der Waals surface area contributed by atoms with E-state index in [1.165, 1.54) is 0 Å². The third kappa shape index (κ3) is 3.84. The topological polar surface area (TPSA) is 45.4 Å². The van der Waals surface area contributed by atoms with Crippen LogP contribution in [0.25, 0.3) is 0 Å². The van der Waals surface area contributed by atoms with E-state index in [-0.39, 0.29) is 0 Å². The van der Waals surface area contributed by atoms with Gasteiger partial charge in [0.15, 0.2) is 0 Å². The van der Waals surface area contributed by atoms with Gasteiger partial charge < -0.3 is 4.84 Å². The zero-order valence-electron chi connectivity index (χ0n) is 10.1. The second-order valence-corrected chi connectivity index (χ2v) is 4.25. The molecule has 94 valence electrons. The van der Waals surface area contributed by atoms with E-state index < -0.39 is 0 Å². The number of hydrogen-bond acceptors (Lipinski definition) is 3. The van der Waals surface area contributed by atoms with Gasteiger partial charge in [-0.2, -0.15) is 5.26 Å². The molecule has 0 aliphatic rings. The minimum absolute atomic E-state index is 0.354. The Labute approximate surface area is 116 Å². The van der Waals surface area contributed by atoms with Crippen molar-refractivity contribution in [2.75, 3.05) is 0 Å². The lowest BCUT2D eigenvalue weighted by atomic mass is 10.2. The summed E-state index contributed by atoms with van der Waals surface area (Å²) in [6, 6.07) is 16.6. The van der Waals surface area contributed by atoms with Crippen LogP contribution in [-0.2, 0) is 11.4 Å².